The lowest BCUT2D eigenvalue weighted by Gasteiger charge is -2.06. The van der Waals surface area contributed by atoms with E-state index in [-0.39, 0.29) is 11.0 Å². The molecule has 7 nitrogen and oxygen atoms in total. The van der Waals surface area contributed by atoms with E-state index in [1.807, 2.05) is 6.92 Å². The van der Waals surface area contributed by atoms with Gasteiger partial charge in [0, 0.05) is 12.5 Å². The number of hydrogen-bond donors (Lipinski definition) is 1. The fourth-order valence-electron chi connectivity index (χ4n) is 2.35. The summed E-state index contributed by atoms with van der Waals surface area (Å²) < 4.78 is 44.0. The first-order valence-electron chi connectivity index (χ1n) is 7.52. The van der Waals surface area contributed by atoms with Crippen molar-refractivity contribution in [3.05, 3.63) is 42.4 Å². The summed E-state index contributed by atoms with van der Waals surface area (Å²) in [6, 6.07) is 8.14. The van der Waals surface area contributed by atoms with E-state index < -0.39 is 10.0 Å². The minimum absolute atomic E-state index is 0.136. The lowest BCUT2D eigenvalue weighted by molar-refractivity contribution is 0.174. The lowest BCUT2D eigenvalue weighted by atomic mass is 10.3. The predicted molar refractivity (Wildman–Crippen MR) is 92.6 cm³/mol. The van der Waals surface area contributed by atoms with Crippen LogP contribution in [0, 0.1) is 0 Å². The van der Waals surface area contributed by atoms with Crippen molar-refractivity contribution < 1.29 is 22.3 Å². The highest BCUT2D eigenvalue weighted by Gasteiger charge is 2.21. The number of anilines is 1. The number of sulfonamides is 1. The van der Waals surface area contributed by atoms with Gasteiger partial charge in [-0.05, 0) is 24.3 Å². The first-order chi connectivity index (χ1) is 12.0. The van der Waals surface area contributed by atoms with Crippen molar-refractivity contribution in [3.63, 3.8) is 0 Å². The van der Waals surface area contributed by atoms with E-state index >= 15 is 0 Å². The number of hydrogen-bond acceptors (Lipinski definition) is 7. The number of aromatic nitrogens is 1. The topological polar surface area (TPSA) is 90.7 Å². The van der Waals surface area contributed by atoms with E-state index in [0.29, 0.717) is 40.1 Å². The lowest BCUT2D eigenvalue weighted by Crippen LogP contribution is -2.11. The molecule has 4 rings (SSSR count). The maximum absolute atomic E-state index is 12.6. The molecular weight excluding hydrogens is 364 g/mol. The Balaban J connectivity index is 1.58. The summed E-state index contributed by atoms with van der Waals surface area (Å²) in [4.78, 5) is 4.84. The van der Waals surface area contributed by atoms with Gasteiger partial charge in [-0.25, -0.2) is 13.4 Å². The zero-order valence-corrected chi connectivity index (χ0v) is 14.8. The normalized spacial score (nSPS) is 13.2. The molecule has 0 bridgehead atoms. The molecule has 0 saturated carbocycles. The van der Waals surface area contributed by atoms with E-state index in [0.717, 1.165) is 11.3 Å². The van der Waals surface area contributed by atoms with Crippen molar-refractivity contribution in [2.45, 2.75) is 17.6 Å². The van der Waals surface area contributed by atoms with Crippen LogP contribution in [0.25, 0.3) is 10.6 Å². The molecule has 0 fully saturated rings. The zero-order chi connectivity index (χ0) is 17.4. The van der Waals surface area contributed by atoms with Gasteiger partial charge in [0.05, 0.1) is 16.8 Å². The van der Waals surface area contributed by atoms with Crippen molar-refractivity contribution >= 4 is 27.0 Å². The molecule has 0 unspecified atom stereocenters. The SMILES string of the molecule is CCc1ncc(-c2ccc(S(=O)(=O)Nc3ccc4c(c3)OCO4)s2)o1. The Kier molecular flexibility index (Phi) is 3.89. The van der Waals surface area contributed by atoms with E-state index in [4.69, 9.17) is 13.9 Å². The molecule has 130 valence electrons. The second kappa shape index (κ2) is 6.08. The summed E-state index contributed by atoms with van der Waals surface area (Å²) in [5.74, 6) is 2.29. The third kappa shape index (κ3) is 3.08. The Morgan fingerprint density at radius 3 is 2.84 bits per heavy atom. The first-order valence-corrected chi connectivity index (χ1v) is 9.82. The summed E-state index contributed by atoms with van der Waals surface area (Å²) >= 11 is 1.12. The van der Waals surface area contributed by atoms with Crippen LogP contribution in [0.15, 0.2) is 45.2 Å². The van der Waals surface area contributed by atoms with Crippen molar-refractivity contribution in [1.29, 1.82) is 0 Å². The number of nitrogens with one attached hydrogen (secondary N) is 1. The molecule has 1 aliphatic rings. The quantitative estimate of drug-likeness (QED) is 0.731. The smallest absolute Gasteiger partial charge is 0.271 e. The van der Waals surface area contributed by atoms with Crippen LogP contribution in [0.3, 0.4) is 0 Å². The van der Waals surface area contributed by atoms with Gasteiger partial charge in [-0.3, -0.25) is 4.72 Å². The molecule has 0 amide bonds. The molecule has 0 aliphatic carbocycles. The molecule has 2 aromatic heterocycles. The highest BCUT2D eigenvalue weighted by atomic mass is 32.2. The van der Waals surface area contributed by atoms with Crippen LogP contribution in [0.2, 0.25) is 0 Å². The molecule has 3 heterocycles. The number of benzene rings is 1. The standard InChI is InChI=1S/C16H14N2O5S2/c1-2-15-17-8-13(23-15)14-5-6-16(24-14)25(19,20)18-10-3-4-11-12(7-10)22-9-21-11/h3-8,18H,2,9H2,1H3. The van der Waals surface area contributed by atoms with Gasteiger partial charge in [-0.15, -0.1) is 11.3 Å². The molecule has 3 aromatic rings. The van der Waals surface area contributed by atoms with Crippen LogP contribution in [0.5, 0.6) is 11.5 Å². The maximum atomic E-state index is 12.6. The molecule has 0 atom stereocenters. The fourth-order valence-corrected chi connectivity index (χ4v) is 4.65. The highest BCUT2D eigenvalue weighted by molar-refractivity contribution is 7.94. The Bertz CT molecular complexity index is 1020. The van der Waals surface area contributed by atoms with Gasteiger partial charge < -0.3 is 13.9 Å². The van der Waals surface area contributed by atoms with E-state index in [1.54, 1.807) is 36.5 Å². The van der Waals surface area contributed by atoms with Gasteiger partial charge in [0.25, 0.3) is 10.0 Å². The second-order valence-corrected chi connectivity index (χ2v) is 8.26. The Labute approximate surface area is 148 Å². The average Bonchev–Trinajstić information content (AvgIpc) is 3.32. The number of rotatable bonds is 5. The highest BCUT2D eigenvalue weighted by Crippen LogP contribution is 2.36. The van der Waals surface area contributed by atoms with Crippen LogP contribution < -0.4 is 14.2 Å². The second-order valence-electron chi connectivity index (χ2n) is 5.26. The van der Waals surface area contributed by atoms with Gasteiger partial charge in [0.15, 0.2) is 23.1 Å². The molecule has 25 heavy (non-hydrogen) atoms. The largest absolute Gasteiger partial charge is 0.454 e. The molecule has 0 radical (unpaired) electrons. The summed E-state index contributed by atoms with van der Waals surface area (Å²) in [5.41, 5.74) is 0.409. The van der Waals surface area contributed by atoms with Gasteiger partial charge in [0.1, 0.15) is 4.21 Å². The van der Waals surface area contributed by atoms with Crippen LogP contribution in [0.1, 0.15) is 12.8 Å². The molecule has 1 aromatic carbocycles. The summed E-state index contributed by atoms with van der Waals surface area (Å²) in [6.07, 6.45) is 2.29. The molecule has 0 spiro atoms. The summed E-state index contributed by atoms with van der Waals surface area (Å²) in [7, 11) is -3.71. The summed E-state index contributed by atoms with van der Waals surface area (Å²) in [5, 5.41) is 0. The molecule has 0 saturated heterocycles. The minimum Gasteiger partial charge on any atom is -0.454 e. The number of aryl methyl sites for hydroxylation is 1. The third-order valence-corrected chi connectivity index (χ3v) is 6.54. The van der Waals surface area contributed by atoms with Crippen LogP contribution in [0.4, 0.5) is 5.69 Å². The Hall–Kier alpha value is -2.52. The number of fused-ring (bicyclic) bond motifs is 1. The van der Waals surface area contributed by atoms with Gasteiger partial charge >= 0.3 is 0 Å². The van der Waals surface area contributed by atoms with E-state index in [2.05, 4.69) is 9.71 Å². The van der Waals surface area contributed by atoms with Crippen molar-refractivity contribution in [1.82, 2.24) is 4.98 Å². The fraction of sp³-hybridized carbons (Fsp3) is 0.188. The summed E-state index contributed by atoms with van der Waals surface area (Å²) in [6.45, 7) is 2.08. The van der Waals surface area contributed by atoms with Crippen molar-refractivity contribution in [2.24, 2.45) is 0 Å². The predicted octanol–water partition coefficient (Wildman–Crippen LogP) is 3.50. The van der Waals surface area contributed by atoms with E-state index in [9.17, 15) is 8.42 Å². The monoisotopic (exact) mass is 378 g/mol. The minimum atomic E-state index is -3.71. The van der Waals surface area contributed by atoms with Crippen molar-refractivity contribution in [2.75, 3.05) is 11.5 Å². The van der Waals surface area contributed by atoms with Gasteiger partial charge in [-0.2, -0.15) is 0 Å². The molecular formula is C16H14N2O5S2. The third-order valence-electron chi connectivity index (χ3n) is 3.57. The van der Waals surface area contributed by atoms with Crippen LogP contribution in [-0.2, 0) is 16.4 Å². The Morgan fingerprint density at radius 2 is 2.04 bits per heavy atom. The molecule has 1 N–H and O–H groups in total. The van der Waals surface area contributed by atoms with Gasteiger partial charge in [0.2, 0.25) is 6.79 Å². The molecule has 9 heteroatoms. The van der Waals surface area contributed by atoms with E-state index in [1.165, 1.54) is 0 Å². The average molecular weight is 378 g/mol. The van der Waals surface area contributed by atoms with Gasteiger partial charge in [-0.1, -0.05) is 6.92 Å². The number of oxazole rings is 1. The Morgan fingerprint density at radius 1 is 1.20 bits per heavy atom. The zero-order valence-electron chi connectivity index (χ0n) is 13.2. The number of ether oxygens (including phenoxy) is 2. The van der Waals surface area contributed by atoms with Crippen LogP contribution >= 0.6 is 11.3 Å². The molecule has 1 aliphatic heterocycles. The van der Waals surface area contributed by atoms with Crippen molar-refractivity contribution in [3.8, 4) is 22.1 Å². The number of nitrogens with zero attached hydrogens (tertiary/aromatic N) is 1. The number of thiophene rings is 1. The first kappa shape index (κ1) is 16.0. The van der Waals surface area contributed by atoms with Crippen LogP contribution in [-0.4, -0.2) is 20.2 Å². The maximum Gasteiger partial charge on any atom is 0.271 e.